The third-order valence-electron chi connectivity index (χ3n) is 5.40. The highest BCUT2D eigenvalue weighted by atomic mass is 16.5. The van der Waals surface area contributed by atoms with Crippen LogP contribution in [0.3, 0.4) is 0 Å². The zero-order chi connectivity index (χ0) is 30.8. The van der Waals surface area contributed by atoms with Crippen molar-refractivity contribution in [2.45, 2.75) is 32.8 Å². The predicted octanol–water partition coefficient (Wildman–Crippen LogP) is 7.08. The van der Waals surface area contributed by atoms with E-state index in [2.05, 4.69) is 60.7 Å². The molecule has 0 fully saturated rings. The van der Waals surface area contributed by atoms with Crippen LogP contribution in [0, 0.1) is 10.8 Å². The van der Waals surface area contributed by atoms with Crippen LogP contribution in [0.5, 0.6) is 0 Å². The molecule has 0 unspecified atom stereocenters. The molecule has 42 heavy (non-hydrogen) atoms. The molecule has 0 aromatic heterocycles. The lowest BCUT2D eigenvalue weighted by molar-refractivity contribution is 0.0437. The Kier molecular flexibility index (Phi) is 18.5. The summed E-state index contributed by atoms with van der Waals surface area (Å²) in [7, 11) is 0. The third kappa shape index (κ3) is 14.7. The fraction of sp³-hybridized carbons (Fsp3) is 0.176. The number of carbonyl (C=O) groups is 2. The quantitative estimate of drug-likeness (QED) is 0.0962. The molecule has 0 spiro atoms. The number of nitrogens with one attached hydrogen (secondary N) is 2. The second-order valence-electron chi connectivity index (χ2n) is 8.45. The maximum atomic E-state index is 12.2. The molecule has 0 aliphatic heterocycles. The zero-order valence-corrected chi connectivity index (χ0v) is 23.5. The Bertz CT molecular complexity index is 1330. The van der Waals surface area contributed by atoms with Crippen LogP contribution in [0.2, 0.25) is 0 Å². The molecule has 0 aliphatic carbocycles. The van der Waals surface area contributed by atoms with Gasteiger partial charge in [-0.1, -0.05) is 116 Å². The first-order valence-corrected chi connectivity index (χ1v) is 13.1. The van der Waals surface area contributed by atoms with Crippen LogP contribution in [0.1, 0.15) is 57.2 Å². The monoisotopic (exact) mass is 566 g/mol. The molecule has 8 heteroatoms. The van der Waals surface area contributed by atoms with Crippen molar-refractivity contribution < 1.29 is 28.7 Å². The summed E-state index contributed by atoms with van der Waals surface area (Å²) in [5.41, 5.74) is 4.10. The van der Waals surface area contributed by atoms with Gasteiger partial charge in [-0.15, -0.1) is 0 Å². The minimum absolute atomic E-state index is 0.166. The first-order chi connectivity index (χ1) is 20.5. The summed E-state index contributed by atoms with van der Waals surface area (Å²) < 4.78 is 10.5. The van der Waals surface area contributed by atoms with E-state index in [-0.39, 0.29) is 17.7 Å². The van der Waals surface area contributed by atoms with Gasteiger partial charge in [-0.05, 0) is 41.7 Å². The van der Waals surface area contributed by atoms with Gasteiger partial charge in [-0.2, -0.15) is 0 Å². The molecule has 0 saturated heterocycles. The van der Waals surface area contributed by atoms with E-state index in [0.29, 0.717) is 6.61 Å². The van der Waals surface area contributed by atoms with Crippen LogP contribution in [0.15, 0.2) is 115 Å². The number of ether oxygens (including phenoxy) is 2. The van der Waals surface area contributed by atoms with E-state index >= 15 is 0 Å². The van der Waals surface area contributed by atoms with Crippen LogP contribution in [0.4, 0.5) is 0 Å². The summed E-state index contributed by atoms with van der Waals surface area (Å²) in [6.07, 6.45) is 4.27. The van der Waals surface area contributed by atoms with Crippen molar-refractivity contribution in [1.82, 2.24) is 0 Å². The summed E-state index contributed by atoms with van der Waals surface area (Å²) in [5, 5.41) is 10.8. The van der Waals surface area contributed by atoms with Crippen LogP contribution < -0.4 is 0 Å². The van der Waals surface area contributed by atoms with Crippen LogP contribution in [-0.4, -0.2) is 30.7 Å². The third-order valence-corrected chi connectivity index (χ3v) is 5.40. The Balaban J connectivity index is 0.000000388. The smallest absolute Gasteiger partial charge is 0.339 e. The number of carbonyl (C=O) groups excluding carboxylic acids is 4. The molecule has 4 rings (SSSR count). The van der Waals surface area contributed by atoms with E-state index in [4.69, 9.17) is 29.9 Å². The van der Waals surface area contributed by atoms with Crippen molar-refractivity contribution in [1.29, 1.82) is 10.8 Å². The van der Waals surface area contributed by atoms with Crippen molar-refractivity contribution in [2.75, 3.05) is 6.61 Å². The van der Waals surface area contributed by atoms with Crippen molar-refractivity contribution in [3.63, 3.8) is 0 Å². The zero-order valence-electron chi connectivity index (χ0n) is 23.5. The lowest BCUT2D eigenvalue weighted by atomic mass is 10.1. The van der Waals surface area contributed by atoms with Gasteiger partial charge in [0.15, 0.2) is 0 Å². The number of benzene rings is 4. The second kappa shape index (κ2) is 22.4. The molecule has 0 saturated carbocycles. The normalized spacial score (nSPS) is 8.98. The van der Waals surface area contributed by atoms with E-state index in [9.17, 15) is 9.59 Å². The summed E-state index contributed by atoms with van der Waals surface area (Å²) in [5.74, 6) is -1.03. The van der Waals surface area contributed by atoms with E-state index < -0.39 is 11.9 Å². The Hall–Kier alpha value is -5.42. The minimum Gasteiger partial charge on any atom is -0.462 e. The average molecular weight is 567 g/mol. The van der Waals surface area contributed by atoms with Gasteiger partial charge < -0.3 is 9.47 Å². The maximum absolute atomic E-state index is 12.2. The Morgan fingerprint density at radius 3 is 1.36 bits per heavy atom. The Morgan fingerprint density at radius 1 is 0.595 bits per heavy atom. The van der Waals surface area contributed by atoms with Crippen molar-refractivity contribution in [2.24, 2.45) is 0 Å². The predicted molar refractivity (Wildman–Crippen MR) is 160 cm³/mol. The Labute approximate surface area is 246 Å². The molecule has 4 aromatic rings. The van der Waals surface area contributed by atoms with E-state index in [1.165, 1.54) is 11.1 Å². The van der Waals surface area contributed by atoms with Gasteiger partial charge in [0.05, 0.1) is 17.7 Å². The number of isocyanates is 2. The van der Waals surface area contributed by atoms with E-state index in [0.717, 1.165) is 37.0 Å². The number of unbranched alkanes of at least 4 members (excludes halogenated alkanes) is 1. The number of esters is 2. The van der Waals surface area contributed by atoms with E-state index in [1.54, 1.807) is 24.3 Å². The van der Waals surface area contributed by atoms with Gasteiger partial charge in [0.2, 0.25) is 12.2 Å². The SMILES string of the molecule is CCCCOC(=O)c1ccccc1C(=O)OCc1ccccc1.N=C=O.N=C=O.c1ccc(Cc2ccccc2)cc1. The Morgan fingerprint density at radius 2 is 0.952 bits per heavy atom. The topological polar surface area (TPSA) is 134 Å². The fourth-order valence-corrected chi connectivity index (χ4v) is 3.45. The molecule has 0 radical (unpaired) electrons. The van der Waals surface area contributed by atoms with Gasteiger partial charge >= 0.3 is 11.9 Å². The number of hydrogen-bond acceptors (Lipinski definition) is 8. The fourth-order valence-electron chi connectivity index (χ4n) is 3.45. The molecule has 2 N–H and O–H groups in total. The first-order valence-electron chi connectivity index (χ1n) is 13.1. The van der Waals surface area contributed by atoms with Gasteiger partial charge in [0.1, 0.15) is 6.61 Å². The summed E-state index contributed by atoms with van der Waals surface area (Å²) in [4.78, 5) is 41.0. The van der Waals surface area contributed by atoms with Gasteiger partial charge in [0, 0.05) is 0 Å². The van der Waals surface area contributed by atoms with Gasteiger partial charge in [0.25, 0.3) is 0 Å². The van der Waals surface area contributed by atoms with E-state index in [1.807, 2.05) is 37.3 Å². The molecular formula is C34H34N2O6. The number of rotatable bonds is 9. The average Bonchev–Trinajstić information content (AvgIpc) is 3.02. The molecule has 216 valence electrons. The lowest BCUT2D eigenvalue weighted by Crippen LogP contribution is -2.14. The molecule has 8 nitrogen and oxygen atoms in total. The summed E-state index contributed by atoms with van der Waals surface area (Å²) in [6, 6.07) is 37.0. The maximum Gasteiger partial charge on any atom is 0.339 e. The largest absolute Gasteiger partial charge is 0.462 e. The molecule has 4 aromatic carbocycles. The summed E-state index contributed by atoms with van der Waals surface area (Å²) >= 11 is 0. The molecule has 0 aliphatic rings. The highest BCUT2D eigenvalue weighted by molar-refractivity contribution is 6.03. The first kappa shape index (κ1) is 34.6. The number of hydrogen-bond donors (Lipinski definition) is 2. The van der Waals surface area contributed by atoms with Crippen molar-refractivity contribution >= 4 is 24.1 Å². The minimum atomic E-state index is -0.531. The highest BCUT2D eigenvalue weighted by Crippen LogP contribution is 2.14. The van der Waals surface area contributed by atoms with Crippen molar-refractivity contribution in [3.8, 4) is 0 Å². The molecule has 0 atom stereocenters. The van der Waals surface area contributed by atoms with Crippen molar-refractivity contribution in [3.05, 3.63) is 143 Å². The molecular weight excluding hydrogens is 532 g/mol. The van der Waals surface area contributed by atoms with Gasteiger partial charge in [-0.3, -0.25) is 0 Å². The molecule has 0 heterocycles. The lowest BCUT2D eigenvalue weighted by Gasteiger charge is -2.09. The summed E-state index contributed by atoms with van der Waals surface area (Å²) in [6.45, 7) is 2.53. The molecule has 0 bridgehead atoms. The highest BCUT2D eigenvalue weighted by Gasteiger charge is 2.18. The standard InChI is InChI=1S/C19H20O4.C13H12.2CHNO/c1-2-3-13-22-18(20)16-11-7-8-12-17(16)19(21)23-14-15-9-5-4-6-10-15;1-3-7-12(8-4-1)11-13-9-5-2-6-10-13;2*2-1-3/h4-12H,2-3,13-14H2,1H3;1-10H,11H2;2*2H. The second-order valence-corrected chi connectivity index (χ2v) is 8.45. The van der Waals surface area contributed by atoms with Gasteiger partial charge in [-0.25, -0.2) is 30.0 Å². The van der Waals surface area contributed by atoms with Crippen LogP contribution in [-0.2, 0) is 32.1 Å². The van der Waals surface area contributed by atoms with Crippen LogP contribution >= 0.6 is 0 Å². The molecule has 0 amide bonds. The van der Waals surface area contributed by atoms with Crippen LogP contribution in [0.25, 0.3) is 0 Å².